The smallest absolute Gasteiger partial charge is 0.225 e. The summed E-state index contributed by atoms with van der Waals surface area (Å²) >= 11 is 0. The molecule has 0 aromatic heterocycles. The van der Waals surface area contributed by atoms with Gasteiger partial charge >= 0.3 is 0 Å². The highest BCUT2D eigenvalue weighted by Crippen LogP contribution is 2.43. The molecule has 0 aromatic rings. The zero-order valence-corrected chi connectivity index (χ0v) is 18.0. The first kappa shape index (κ1) is 22.5. The lowest BCUT2D eigenvalue weighted by Crippen LogP contribution is -2.56. The normalized spacial score (nSPS) is 14.8. The fourth-order valence-electron chi connectivity index (χ4n) is 3.79. The van der Waals surface area contributed by atoms with Gasteiger partial charge in [-0.3, -0.25) is 4.79 Å². The minimum atomic E-state index is -0.362. The third kappa shape index (κ3) is 10.0. The van der Waals surface area contributed by atoms with E-state index in [0.29, 0.717) is 0 Å². The van der Waals surface area contributed by atoms with Gasteiger partial charge < -0.3 is 5.32 Å². The first-order valence-corrected chi connectivity index (χ1v) is 9.08. The van der Waals surface area contributed by atoms with Gasteiger partial charge in [-0.25, -0.2) is 0 Å². The van der Waals surface area contributed by atoms with Crippen molar-refractivity contribution in [2.45, 2.75) is 108 Å². The predicted molar refractivity (Wildman–Crippen MR) is 103 cm³/mol. The van der Waals surface area contributed by atoms with Crippen LogP contribution >= 0.6 is 0 Å². The summed E-state index contributed by atoms with van der Waals surface area (Å²) < 4.78 is 0. The number of carbonyl (C=O) groups is 1. The van der Waals surface area contributed by atoms with Crippen molar-refractivity contribution in [3.63, 3.8) is 0 Å². The van der Waals surface area contributed by atoms with Crippen LogP contribution in [0.4, 0.5) is 0 Å². The Morgan fingerprint density at radius 3 is 1.04 bits per heavy atom. The summed E-state index contributed by atoms with van der Waals surface area (Å²) in [6.45, 7) is 26.5. The van der Waals surface area contributed by atoms with E-state index in [4.69, 9.17) is 0 Å². The van der Waals surface area contributed by atoms with Crippen molar-refractivity contribution in [2.24, 2.45) is 21.7 Å². The number of rotatable bonds is 4. The average Bonchev–Trinajstić information content (AvgIpc) is 2.04. The second-order valence-electron chi connectivity index (χ2n) is 12.2. The molecule has 0 rings (SSSR count). The van der Waals surface area contributed by atoms with E-state index < -0.39 is 0 Å². The zero-order chi connectivity index (χ0) is 18.9. The molecule has 0 bridgehead atoms. The topological polar surface area (TPSA) is 29.1 Å². The Bertz CT molecular complexity index is 353. The Morgan fingerprint density at radius 1 is 0.609 bits per heavy atom. The summed E-state index contributed by atoms with van der Waals surface area (Å²) in [5.41, 5.74) is -0.0248. The molecular weight excluding hydrogens is 282 g/mol. The van der Waals surface area contributed by atoms with Crippen LogP contribution in [-0.4, -0.2) is 11.4 Å². The lowest BCUT2D eigenvalue weighted by molar-refractivity contribution is -0.132. The van der Waals surface area contributed by atoms with Gasteiger partial charge in [0.1, 0.15) is 0 Å². The van der Waals surface area contributed by atoms with E-state index in [-0.39, 0.29) is 33.1 Å². The van der Waals surface area contributed by atoms with Crippen LogP contribution < -0.4 is 5.32 Å². The molecular formula is C21H43NO. The summed E-state index contributed by atoms with van der Waals surface area (Å²) in [4.78, 5) is 12.8. The molecule has 0 aliphatic heterocycles. The summed E-state index contributed by atoms with van der Waals surface area (Å²) in [6.07, 6.45) is 2.99. The van der Waals surface area contributed by atoms with Gasteiger partial charge in [-0.2, -0.15) is 0 Å². The monoisotopic (exact) mass is 325 g/mol. The second-order valence-corrected chi connectivity index (χ2v) is 12.2. The molecule has 0 radical (unpaired) electrons. The van der Waals surface area contributed by atoms with Crippen molar-refractivity contribution >= 4 is 5.91 Å². The van der Waals surface area contributed by atoms with E-state index in [1.165, 1.54) is 0 Å². The largest absolute Gasteiger partial charge is 0.350 e. The number of hydrogen-bond acceptors (Lipinski definition) is 1. The summed E-state index contributed by atoms with van der Waals surface area (Å²) in [7, 11) is 0. The molecule has 0 aliphatic rings. The van der Waals surface area contributed by atoms with Crippen LogP contribution in [0.15, 0.2) is 0 Å². The molecule has 1 N–H and O–H groups in total. The van der Waals surface area contributed by atoms with Crippen molar-refractivity contribution in [1.82, 2.24) is 5.32 Å². The highest BCUT2D eigenvalue weighted by molar-refractivity contribution is 5.82. The molecule has 0 heterocycles. The molecule has 1 amide bonds. The fourth-order valence-corrected chi connectivity index (χ4v) is 3.79. The van der Waals surface area contributed by atoms with Crippen molar-refractivity contribution in [2.75, 3.05) is 0 Å². The van der Waals surface area contributed by atoms with Gasteiger partial charge in [-0.15, -0.1) is 0 Å². The van der Waals surface area contributed by atoms with Crippen molar-refractivity contribution in [3.05, 3.63) is 0 Å². The lowest BCUT2D eigenvalue weighted by atomic mass is 9.65. The molecule has 2 heteroatoms. The zero-order valence-electron chi connectivity index (χ0n) is 18.0. The maximum absolute atomic E-state index is 12.8. The summed E-state index contributed by atoms with van der Waals surface area (Å²) in [5, 5.41) is 3.50. The van der Waals surface area contributed by atoms with Crippen molar-refractivity contribution in [3.8, 4) is 0 Å². The van der Waals surface area contributed by atoms with E-state index in [2.05, 4.69) is 67.6 Å². The molecule has 0 aromatic carbocycles. The molecule has 138 valence electrons. The Morgan fingerprint density at radius 2 is 0.870 bits per heavy atom. The summed E-state index contributed by atoms with van der Waals surface area (Å²) in [5.74, 6) is 0.162. The molecule has 0 saturated carbocycles. The van der Waals surface area contributed by atoms with Crippen molar-refractivity contribution < 1.29 is 4.79 Å². The third-order valence-electron chi connectivity index (χ3n) is 3.67. The number of amides is 1. The van der Waals surface area contributed by atoms with E-state index in [0.717, 1.165) is 19.3 Å². The van der Waals surface area contributed by atoms with E-state index in [1.54, 1.807) is 0 Å². The standard InChI is InChI=1S/C21H43NO/c1-17(2,3)13-21(14-18(4,5)6,15-19(7,8)9)22-16(23)20(10,11)12/h13-15H2,1-12H3,(H,22,23). The van der Waals surface area contributed by atoms with E-state index >= 15 is 0 Å². The summed E-state index contributed by atoms with van der Waals surface area (Å²) in [6, 6.07) is 0. The maximum Gasteiger partial charge on any atom is 0.225 e. The highest BCUT2D eigenvalue weighted by Gasteiger charge is 2.43. The van der Waals surface area contributed by atoms with Gasteiger partial charge in [0.05, 0.1) is 0 Å². The fraction of sp³-hybridized carbons (Fsp3) is 0.952. The molecule has 0 aliphatic carbocycles. The predicted octanol–water partition coefficient (Wildman–Crippen LogP) is 6.20. The Kier molecular flexibility index (Phi) is 6.61. The maximum atomic E-state index is 12.8. The third-order valence-corrected chi connectivity index (χ3v) is 3.67. The Balaban J connectivity index is 5.87. The van der Waals surface area contributed by atoms with Crippen LogP contribution in [0.2, 0.25) is 0 Å². The van der Waals surface area contributed by atoms with E-state index in [9.17, 15) is 4.79 Å². The van der Waals surface area contributed by atoms with Gasteiger partial charge in [0.2, 0.25) is 5.91 Å². The van der Waals surface area contributed by atoms with Crippen molar-refractivity contribution in [1.29, 1.82) is 0 Å². The van der Waals surface area contributed by atoms with Gasteiger partial charge in [0.25, 0.3) is 0 Å². The van der Waals surface area contributed by atoms with Crippen LogP contribution in [0, 0.1) is 21.7 Å². The van der Waals surface area contributed by atoms with Gasteiger partial charge in [-0.1, -0.05) is 83.1 Å². The van der Waals surface area contributed by atoms with Crippen LogP contribution in [0.3, 0.4) is 0 Å². The lowest BCUT2D eigenvalue weighted by Gasteiger charge is -2.47. The molecule has 0 saturated heterocycles. The SMILES string of the molecule is CC(C)(C)CC(CC(C)(C)C)(CC(C)(C)C)NC(=O)C(C)(C)C. The van der Waals surface area contributed by atoms with Gasteiger partial charge in [-0.05, 0) is 35.5 Å². The van der Waals surface area contributed by atoms with Crippen LogP contribution in [0.25, 0.3) is 0 Å². The first-order valence-electron chi connectivity index (χ1n) is 9.08. The van der Waals surface area contributed by atoms with Gasteiger partial charge in [0.15, 0.2) is 0 Å². The molecule has 0 fully saturated rings. The quantitative estimate of drug-likeness (QED) is 0.655. The average molecular weight is 326 g/mol. The minimum absolute atomic E-state index is 0.162. The number of carbonyl (C=O) groups excluding carboxylic acids is 1. The number of nitrogens with one attached hydrogen (secondary N) is 1. The van der Waals surface area contributed by atoms with Gasteiger partial charge in [0, 0.05) is 11.0 Å². The molecule has 0 spiro atoms. The Hall–Kier alpha value is -0.530. The minimum Gasteiger partial charge on any atom is -0.350 e. The highest BCUT2D eigenvalue weighted by atomic mass is 16.2. The van der Waals surface area contributed by atoms with E-state index in [1.807, 2.05) is 20.8 Å². The number of hydrogen-bond donors (Lipinski definition) is 1. The Labute approximate surface area is 146 Å². The van der Waals surface area contributed by atoms with Crippen LogP contribution in [0.1, 0.15) is 102 Å². The second kappa shape index (κ2) is 6.76. The first-order chi connectivity index (χ1) is 9.75. The van der Waals surface area contributed by atoms with Crippen LogP contribution in [0.5, 0.6) is 0 Å². The molecule has 2 nitrogen and oxygen atoms in total. The molecule has 0 unspecified atom stereocenters. The molecule has 0 atom stereocenters. The van der Waals surface area contributed by atoms with Crippen LogP contribution in [-0.2, 0) is 4.79 Å². The molecule has 23 heavy (non-hydrogen) atoms.